The minimum absolute atomic E-state index is 0.159. The number of thioether (sulfide) groups is 1. The number of amides is 2. The molecule has 3 rings (SSSR count). The van der Waals surface area contributed by atoms with Crippen LogP contribution in [0.2, 0.25) is 0 Å². The molecule has 2 N–H and O–H groups in total. The lowest BCUT2D eigenvalue weighted by molar-refractivity contribution is -0.115. The smallest absolute Gasteiger partial charge is 0.253 e. The van der Waals surface area contributed by atoms with Crippen molar-refractivity contribution in [3.8, 4) is 0 Å². The zero-order chi connectivity index (χ0) is 19.2. The Morgan fingerprint density at radius 1 is 1.26 bits per heavy atom. The number of nitrogens with zero attached hydrogens (tertiary/aromatic N) is 3. The molecule has 9 heteroatoms. The summed E-state index contributed by atoms with van der Waals surface area (Å²) in [7, 11) is 1.64. The molecule has 0 saturated carbocycles. The molecule has 0 aliphatic rings. The summed E-state index contributed by atoms with van der Waals surface area (Å²) in [5, 5.41) is 10.0. The first-order valence-electron chi connectivity index (χ1n) is 8.22. The molecule has 0 aliphatic heterocycles. The molecule has 2 aromatic heterocycles. The molecule has 0 bridgehead atoms. The van der Waals surface area contributed by atoms with Gasteiger partial charge in [0.05, 0.1) is 29.8 Å². The van der Waals surface area contributed by atoms with Gasteiger partial charge in [-0.2, -0.15) is 0 Å². The first-order valence-corrected chi connectivity index (χ1v) is 9.21. The van der Waals surface area contributed by atoms with Crippen molar-refractivity contribution in [2.45, 2.75) is 18.6 Å². The van der Waals surface area contributed by atoms with Gasteiger partial charge in [0.25, 0.3) is 5.91 Å². The maximum absolute atomic E-state index is 12.5. The molecule has 2 amide bonds. The van der Waals surface area contributed by atoms with Crippen LogP contribution in [0, 0.1) is 6.92 Å². The zero-order valence-electron chi connectivity index (χ0n) is 14.9. The molecule has 0 spiro atoms. The summed E-state index contributed by atoms with van der Waals surface area (Å²) < 4.78 is 5.21. The van der Waals surface area contributed by atoms with Crippen LogP contribution in [0.4, 0.5) is 5.69 Å². The summed E-state index contributed by atoms with van der Waals surface area (Å²) in [6, 6.07) is 10.5. The van der Waals surface area contributed by atoms with Crippen LogP contribution in [-0.2, 0) is 11.3 Å². The summed E-state index contributed by atoms with van der Waals surface area (Å²) in [6.45, 7) is 2.07. The SMILES string of the molecule is Cc1nc(SCC(=O)N(C)c2ccccc2C(=O)NCc2ccco2)n[nH]1. The number of aromatic amines is 1. The first-order chi connectivity index (χ1) is 13.0. The number of anilines is 1. The molecule has 8 nitrogen and oxygen atoms in total. The summed E-state index contributed by atoms with van der Waals surface area (Å²) >= 11 is 1.24. The van der Waals surface area contributed by atoms with Gasteiger partial charge < -0.3 is 14.6 Å². The third kappa shape index (κ3) is 4.76. The van der Waals surface area contributed by atoms with Gasteiger partial charge in [0, 0.05) is 7.05 Å². The normalized spacial score (nSPS) is 10.6. The highest BCUT2D eigenvalue weighted by molar-refractivity contribution is 7.99. The average Bonchev–Trinajstić information content (AvgIpc) is 3.35. The third-order valence-electron chi connectivity index (χ3n) is 3.79. The van der Waals surface area contributed by atoms with Crippen LogP contribution in [0.3, 0.4) is 0 Å². The predicted molar refractivity (Wildman–Crippen MR) is 102 cm³/mol. The van der Waals surface area contributed by atoms with Crippen LogP contribution in [0.15, 0.2) is 52.2 Å². The van der Waals surface area contributed by atoms with Crippen molar-refractivity contribution in [1.29, 1.82) is 0 Å². The topological polar surface area (TPSA) is 104 Å². The fourth-order valence-corrected chi connectivity index (χ4v) is 3.14. The van der Waals surface area contributed by atoms with Gasteiger partial charge >= 0.3 is 0 Å². The van der Waals surface area contributed by atoms with Gasteiger partial charge in [0.15, 0.2) is 0 Å². The Labute approximate surface area is 160 Å². The molecule has 140 valence electrons. The zero-order valence-corrected chi connectivity index (χ0v) is 15.7. The minimum Gasteiger partial charge on any atom is -0.467 e. The molecule has 3 aromatic rings. The standard InChI is InChI=1S/C18H19N5O3S/c1-12-20-18(22-21-12)27-11-16(24)23(2)15-8-4-3-7-14(15)17(25)19-10-13-6-5-9-26-13/h3-9H,10-11H2,1-2H3,(H,19,25)(H,20,21,22). The Morgan fingerprint density at radius 3 is 2.78 bits per heavy atom. The second-order valence-electron chi connectivity index (χ2n) is 5.72. The molecule has 27 heavy (non-hydrogen) atoms. The Kier molecular flexibility index (Phi) is 5.92. The van der Waals surface area contributed by atoms with Crippen molar-refractivity contribution in [2.24, 2.45) is 0 Å². The van der Waals surface area contributed by atoms with Gasteiger partial charge in [-0.05, 0) is 31.2 Å². The van der Waals surface area contributed by atoms with E-state index in [1.165, 1.54) is 16.7 Å². The highest BCUT2D eigenvalue weighted by atomic mass is 32.2. The summed E-state index contributed by atoms with van der Waals surface area (Å²) in [5.74, 6) is 1.07. The number of nitrogens with one attached hydrogen (secondary N) is 2. The Balaban J connectivity index is 1.66. The molecular weight excluding hydrogens is 366 g/mol. The number of carbonyl (C=O) groups excluding carboxylic acids is 2. The number of para-hydroxylation sites is 1. The monoisotopic (exact) mass is 385 g/mol. The van der Waals surface area contributed by atoms with Crippen molar-refractivity contribution < 1.29 is 14.0 Å². The van der Waals surface area contributed by atoms with Crippen molar-refractivity contribution in [3.05, 3.63) is 59.8 Å². The first kappa shape index (κ1) is 18.7. The quantitative estimate of drug-likeness (QED) is 0.605. The number of H-pyrrole nitrogens is 1. The second kappa shape index (κ2) is 8.54. The molecule has 0 radical (unpaired) electrons. The van der Waals surface area contributed by atoms with Crippen LogP contribution in [-0.4, -0.2) is 39.8 Å². The summed E-state index contributed by atoms with van der Waals surface area (Å²) in [6.07, 6.45) is 1.55. The number of hydrogen-bond donors (Lipinski definition) is 2. The van der Waals surface area contributed by atoms with Gasteiger partial charge in [0.1, 0.15) is 11.6 Å². The van der Waals surface area contributed by atoms with Crippen LogP contribution < -0.4 is 10.2 Å². The van der Waals surface area contributed by atoms with Gasteiger partial charge in [-0.15, -0.1) is 5.10 Å². The number of rotatable bonds is 7. The van der Waals surface area contributed by atoms with Crippen LogP contribution in [0.1, 0.15) is 21.9 Å². The van der Waals surface area contributed by atoms with Gasteiger partial charge in [0.2, 0.25) is 11.1 Å². The van der Waals surface area contributed by atoms with E-state index in [-0.39, 0.29) is 24.1 Å². The molecule has 2 heterocycles. The molecule has 0 unspecified atom stereocenters. The predicted octanol–water partition coefficient (Wildman–Crippen LogP) is 2.39. The largest absolute Gasteiger partial charge is 0.467 e. The van der Waals surface area contributed by atoms with E-state index in [0.717, 1.165) is 0 Å². The Morgan fingerprint density at radius 2 is 2.07 bits per heavy atom. The molecule has 0 aliphatic carbocycles. The molecular formula is C18H19N5O3S. The van der Waals surface area contributed by atoms with E-state index in [1.807, 2.05) is 0 Å². The average molecular weight is 385 g/mol. The van der Waals surface area contributed by atoms with Crippen LogP contribution in [0.5, 0.6) is 0 Å². The maximum atomic E-state index is 12.5. The second-order valence-corrected chi connectivity index (χ2v) is 6.67. The lowest BCUT2D eigenvalue weighted by Crippen LogP contribution is -2.31. The third-order valence-corrected chi connectivity index (χ3v) is 4.62. The summed E-state index contributed by atoms with van der Waals surface area (Å²) in [5.41, 5.74) is 0.949. The van der Waals surface area contributed by atoms with E-state index in [1.54, 1.807) is 56.6 Å². The van der Waals surface area contributed by atoms with E-state index < -0.39 is 0 Å². The minimum atomic E-state index is -0.279. The van der Waals surface area contributed by atoms with Gasteiger partial charge in [-0.3, -0.25) is 14.7 Å². The number of hydrogen-bond acceptors (Lipinski definition) is 6. The number of aromatic nitrogens is 3. The lowest BCUT2D eigenvalue weighted by Gasteiger charge is -2.20. The van der Waals surface area contributed by atoms with Gasteiger partial charge in [-0.1, -0.05) is 23.9 Å². The van der Waals surface area contributed by atoms with Gasteiger partial charge in [-0.25, -0.2) is 4.98 Å². The number of benzene rings is 1. The lowest BCUT2D eigenvalue weighted by atomic mass is 10.1. The van der Waals surface area contributed by atoms with E-state index in [2.05, 4.69) is 20.5 Å². The number of furan rings is 1. The van der Waals surface area contributed by atoms with E-state index >= 15 is 0 Å². The van der Waals surface area contributed by atoms with Crippen molar-refractivity contribution in [1.82, 2.24) is 20.5 Å². The van der Waals surface area contributed by atoms with E-state index in [0.29, 0.717) is 28.0 Å². The molecule has 1 aromatic carbocycles. The molecule has 0 atom stereocenters. The fraction of sp³-hybridized carbons (Fsp3) is 0.222. The number of carbonyl (C=O) groups is 2. The van der Waals surface area contributed by atoms with E-state index in [4.69, 9.17) is 4.42 Å². The Bertz CT molecular complexity index is 923. The van der Waals surface area contributed by atoms with Crippen LogP contribution >= 0.6 is 11.8 Å². The van der Waals surface area contributed by atoms with E-state index in [9.17, 15) is 9.59 Å². The highest BCUT2D eigenvalue weighted by Crippen LogP contribution is 2.21. The molecule has 0 fully saturated rings. The van der Waals surface area contributed by atoms with Crippen molar-refractivity contribution in [2.75, 3.05) is 17.7 Å². The number of aryl methyl sites for hydroxylation is 1. The van der Waals surface area contributed by atoms with Crippen LogP contribution in [0.25, 0.3) is 0 Å². The fourth-order valence-electron chi connectivity index (χ4n) is 2.38. The Hall–Kier alpha value is -3.07. The molecule has 0 saturated heterocycles. The maximum Gasteiger partial charge on any atom is 0.253 e. The highest BCUT2D eigenvalue weighted by Gasteiger charge is 2.19. The van der Waals surface area contributed by atoms with Crippen molar-refractivity contribution >= 4 is 29.3 Å². The van der Waals surface area contributed by atoms with Crippen molar-refractivity contribution in [3.63, 3.8) is 0 Å². The summed E-state index contributed by atoms with van der Waals surface area (Å²) in [4.78, 5) is 30.7.